The van der Waals surface area contributed by atoms with Crippen molar-refractivity contribution in [2.75, 3.05) is 24.4 Å². The second-order valence-corrected chi connectivity index (χ2v) is 12.9. The van der Waals surface area contributed by atoms with Crippen molar-refractivity contribution in [2.24, 2.45) is 0 Å². The van der Waals surface area contributed by atoms with E-state index in [9.17, 15) is 52.7 Å². The number of hydrogen-bond acceptors (Lipinski definition) is 1. The SMILES string of the molecule is C[S+](C)OCCCBr.Fc1c(F)c(F)c([B-](c2c(F)c(F)c(F)c(F)c2F)(c2c(F)c(F)c(F)c(F)c2F)c2c(F)c(F)c(F)c(F)c2F)c(F)c1F. The molecule has 0 spiro atoms. The Balaban J connectivity index is 0.000000846. The van der Waals surface area contributed by atoms with E-state index in [2.05, 4.69) is 28.4 Å². The zero-order valence-electron chi connectivity index (χ0n) is 25.5. The first-order chi connectivity index (χ1) is 24.5. The Morgan fingerprint density at radius 3 is 0.679 bits per heavy atom. The van der Waals surface area contributed by atoms with E-state index in [-0.39, 0.29) is 11.2 Å². The van der Waals surface area contributed by atoms with E-state index in [1.807, 2.05) is 0 Å². The zero-order chi connectivity index (χ0) is 40.8. The fraction of sp³-hybridized carbons (Fsp3) is 0.172. The van der Waals surface area contributed by atoms with Crippen LogP contribution in [0.25, 0.3) is 0 Å². The van der Waals surface area contributed by atoms with Crippen molar-refractivity contribution in [3.05, 3.63) is 116 Å². The van der Waals surface area contributed by atoms with Gasteiger partial charge in [-0.1, -0.05) is 15.9 Å². The highest BCUT2D eigenvalue weighted by Crippen LogP contribution is 2.30. The molecule has 0 amide bonds. The fourth-order valence-electron chi connectivity index (χ4n) is 5.15. The molecule has 53 heavy (non-hydrogen) atoms. The molecule has 0 aliphatic carbocycles. The van der Waals surface area contributed by atoms with Gasteiger partial charge in [0.2, 0.25) is 0 Å². The Morgan fingerprint density at radius 1 is 0.358 bits per heavy atom. The van der Waals surface area contributed by atoms with Crippen LogP contribution in [0.15, 0.2) is 0 Å². The number of benzene rings is 4. The van der Waals surface area contributed by atoms with E-state index in [1.54, 1.807) is 0 Å². The maximum Gasteiger partial charge on any atom is 0.200 e. The van der Waals surface area contributed by atoms with E-state index in [4.69, 9.17) is 4.18 Å². The van der Waals surface area contributed by atoms with Gasteiger partial charge in [-0.15, -0.1) is 21.9 Å². The smallest absolute Gasteiger partial charge is 0.200 e. The highest BCUT2D eigenvalue weighted by molar-refractivity contribution is 9.09. The van der Waals surface area contributed by atoms with Crippen LogP contribution in [0.3, 0.4) is 0 Å². The van der Waals surface area contributed by atoms with Gasteiger partial charge in [-0.25, -0.2) is 87.8 Å². The van der Waals surface area contributed by atoms with Crippen LogP contribution in [0.4, 0.5) is 87.8 Å². The molecule has 0 saturated heterocycles. The molecule has 0 saturated carbocycles. The van der Waals surface area contributed by atoms with Crippen molar-refractivity contribution in [1.82, 2.24) is 0 Å². The molecule has 0 heterocycles. The molecule has 0 unspecified atom stereocenters. The number of rotatable bonds is 8. The Labute approximate surface area is 294 Å². The van der Waals surface area contributed by atoms with Crippen LogP contribution < -0.4 is 21.9 Å². The Hall–Kier alpha value is -3.67. The lowest BCUT2D eigenvalue weighted by atomic mass is 9.12. The maximum atomic E-state index is 15.4. The maximum absolute atomic E-state index is 15.4. The number of halogens is 21. The lowest BCUT2D eigenvalue weighted by Gasteiger charge is -2.44. The van der Waals surface area contributed by atoms with Crippen LogP contribution in [0, 0.1) is 116 Å². The molecule has 0 atom stereocenters. The first-order valence-electron chi connectivity index (χ1n) is 13.5. The summed E-state index contributed by atoms with van der Waals surface area (Å²) in [7, 11) is 0. The molecule has 1 nitrogen and oxygen atoms in total. The van der Waals surface area contributed by atoms with Gasteiger partial charge in [-0.3, -0.25) is 0 Å². The Kier molecular flexibility index (Phi) is 13.5. The summed E-state index contributed by atoms with van der Waals surface area (Å²) in [5.41, 5.74) is -14.3. The van der Waals surface area contributed by atoms with Gasteiger partial charge in [0.1, 0.15) is 83.0 Å². The van der Waals surface area contributed by atoms with Crippen LogP contribution >= 0.6 is 15.9 Å². The number of hydrogen-bond donors (Lipinski definition) is 0. The minimum absolute atomic E-state index is 0.162. The largest absolute Gasteiger partial charge is 0.207 e. The quantitative estimate of drug-likeness (QED) is 0.0341. The predicted molar refractivity (Wildman–Crippen MR) is 153 cm³/mol. The lowest BCUT2D eigenvalue weighted by molar-refractivity contribution is 0.367. The summed E-state index contributed by atoms with van der Waals surface area (Å²) in [6, 6.07) is 0. The average molecular weight is 879 g/mol. The predicted octanol–water partition coefficient (Wildman–Crippen LogP) is 7.43. The van der Waals surface area contributed by atoms with Gasteiger partial charge in [0, 0.05) is 5.33 Å². The Bertz CT molecular complexity index is 1710. The molecule has 0 aliphatic rings. The van der Waals surface area contributed by atoms with Crippen molar-refractivity contribution in [3.8, 4) is 0 Å². The van der Waals surface area contributed by atoms with Crippen LogP contribution in [0.2, 0.25) is 0 Å². The highest BCUT2D eigenvalue weighted by atomic mass is 79.9. The summed E-state index contributed by atoms with van der Waals surface area (Å²) < 4.78 is 299. The van der Waals surface area contributed by atoms with Crippen LogP contribution in [-0.4, -0.2) is 30.6 Å². The summed E-state index contributed by atoms with van der Waals surface area (Å²) in [6.07, 6.45) is -1.95. The van der Waals surface area contributed by atoms with Gasteiger partial charge in [0.25, 0.3) is 0 Å². The van der Waals surface area contributed by atoms with E-state index in [0.29, 0.717) is 0 Å². The van der Waals surface area contributed by atoms with Crippen molar-refractivity contribution in [1.29, 1.82) is 0 Å². The van der Waals surface area contributed by atoms with Crippen molar-refractivity contribution in [3.63, 3.8) is 0 Å². The van der Waals surface area contributed by atoms with Gasteiger partial charge < -0.3 is 0 Å². The third-order valence-corrected chi connectivity index (χ3v) is 8.50. The minimum atomic E-state index is -7.22. The molecule has 0 N–H and O–H groups in total. The second-order valence-electron chi connectivity index (χ2n) is 10.4. The molecule has 0 aromatic heterocycles. The summed E-state index contributed by atoms with van der Waals surface area (Å²) in [5, 5.41) is 1.05. The zero-order valence-corrected chi connectivity index (χ0v) is 27.9. The van der Waals surface area contributed by atoms with E-state index >= 15 is 35.1 Å². The monoisotopic (exact) mass is 878 g/mol. The average Bonchev–Trinajstić information content (AvgIpc) is 3.11. The topological polar surface area (TPSA) is 9.23 Å². The van der Waals surface area contributed by atoms with Gasteiger partial charge in [-0.05, 0) is 6.42 Å². The molecule has 0 radical (unpaired) electrons. The van der Waals surface area contributed by atoms with Gasteiger partial charge >= 0.3 is 0 Å². The standard InChI is InChI=1S/C24BF20.C5H12BrOS/c26-5-1(6(27)14(35)21(42)13(5)34)25(2-7(28)15(36)22(43)16(37)8(2)29,3-9(30)17(38)23(44)18(39)10(3)31)4-11(32)19(40)24(45)20(41)12(4)33;1-8(2)7-5-3-4-6/h;3-5H2,1-2H3/q-1;+1. The summed E-state index contributed by atoms with van der Waals surface area (Å²) in [4.78, 5) is 0. The first kappa shape index (κ1) is 43.7. The summed E-state index contributed by atoms with van der Waals surface area (Å²) in [5.74, 6) is -71.4. The molecule has 0 fully saturated rings. The summed E-state index contributed by atoms with van der Waals surface area (Å²) in [6.45, 7) is 0.890. The lowest BCUT2D eigenvalue weighted by Crippen LogP contribution is -2.81. The molecule has 4 aromatic carbocycles. The third-order valence-electron chi connectivity index (χ3n) is 7.30. The first-order valence-corrected chi connectivity index (χ1v) is 16.6. The van der Waals surface area contributed by atoms with Gasteiger partial charge in [0.05, 0.1) is 0 Å². The van der Waals surface area contributed by atoms with Crippen LogP contribution in [-0.2, 0) is 15.4 Å². The summed E-state index contributed by atoms with van der Waals surface area (Å²) >= 11 is 3.48. The molecular formula is C29H12BBrF20OS. The van der Waals surface area contributed by atoms with Crippen molar-refractivity contribution < 1.29 is 92.0 Å². The second kappa shape index (κ2) is 16.4. The minimum Gasteiger partial charge on any atom is -0.207 e. The van der Waals surface area contributed by atoms with Crippen LogP contribution in [0.5, 0.6) is 0 Å². The van der Waals surface area contributed by atoms with Crippen molar-refractivity contribution in [2.45, 2.75) is 6.42 Å². The van der Waals surface area contributed by atoms with Gasteiger partial charge in [0.15, 0.2) is 69.8 Å². The molecule has 24 heteroatoms. The molecule has 4 aromatic rings. The van der Waals surface area contributed by atoms with Crippen molar-refractivity contribution >= 4 is 55.1 Å². The van der Waals surface area contributed by atoms with Gasteiger partial charge in [-0.2, -0.15) is 4.18 Å². The van der Waals surface area contributed by atoms with E-state index in [1.165, 1.54) is 0 Å². The van der Waals surface area contributed by atoms with Crippen LogP contribution in [0.1, 0.15) is 6.42 Å². The molecule has 0 bridgehead atoms. The van der Waals surface area contributed by atoms with E-state index in [0.717, 1.165) is 18.4 Å². The third kappa shape index (κ3) is 7.05. The highest BCUT2D eigenvalue weighted by Gasteiger charge is 2.52. The Morgan fingerprint density at radius 2 is 0.528 bits per heavy atom. The van der Waals surface area contributed by atoms with E-state index < -0.39 is 144 Å². The molecular weight excluding hydrogens is 867 g/mol. The number of alkyl halides is 1. The molecule has 0 aliphatic heterocycles. The molecule has 290 valence electrons. The fourth-order valence-corrected chi connectivity index (χ4v) is 5.83. The molecule has 4 rings (SSSR count). The normalized spacial score (nSPS) is 11.8.